The number of carbonyl (C=O) groups excluding carboxylic acids is 2. The molecule has 0 saturated heterocycles. The van der Waals surface area contributed by atoms with Gasteiger partial charge in [0, 0.05) is 12.0 Å². The highest BCUT2D eigenvalue weighted by Gasteiger charge is 2.35. The Morgan fingerprint density at radius 3 is 2.65 bits per heavy atom. The van der Waals surface area contributed by atoms with Gasteiger partial charge in [-0.1, -0.05) is 23.7 Å². The van der Waals surface area contributed by atoms with Crippen molar-refractivity contribution in [2.24, 2.45) is 0 Å². The van der Waals surface area contributed by atoms with Gasteiger partial charge in [-0.25, -0.2) is 13.4 Å². The van der Waals surface area contributed by atoms with Crippen molar-refractivity contribution < 1.29 is 31.2 Å². The van der Waals surface area contributed by atoms with Crippen LogP contribution in [0.1, 0.15) is 29.2 Å². The van der Waals surface area contributed by atoms with Crippen LogP contribution >= 0.6 is 22.9 Å². The Balaban J connectivity index is 1.73. The van der Waals surface area contributed by atoms with E-state index in [9.17, 15) is 31.2 Å². The van der Waals surface area contributed by atoms with Gasteiger partial charge < -0.3 is 5.32 Å². The maximum Gasteiger partial charge on any atom is 0.416 e. The van der Waals surface area contributed by atoms with Crippen LogP contribution < -0.4 is 10.1 Å². The number of ketones is 1. The zero-order chi connectivity index (χ0) is 24.7. The second kappa shape index (κ2) is 9.02. The number of rotatable bonds is 6. The van der Waals surface area contributed by atoms with Gasteiger partial charge in [0.25, 0.3) is 10.0 Å². The summed E-state index contributed by atoms with van der Waals surface area (Å²) in [5.41, 5.74) is -0.0642. The summed E-state index contributed by atoms with van der Waals surface area (Å²) < 4.78 is 65.6. The number of alkyl halides is 3. The zero-order valence-electron chi connectivity index (χ0n) is 17.0. The number of hydrazine groups is 1. The summed E-state index contributed by atoms with van der Waals surface area (Å²) in [6, 6.07) is 4.89. The summed E-state index contributed by atoms with van der Waals surface area (Å²) in [5.74, 6) is -0.359. The minimum absolute atomic E-state index is 0.0111. The van der Waals surface area contributed by atoms with Crippen LogP contribution in [0.25, 0.3) is 6.08 Å². The molecule has 2 aromatic rings. The van der Waals surface area contributed by atoms with Gasteiger partial charge in [-0.15, -0.1) is 16.2 Å². The van der Waals surface area contributed by atoms with Crippen molar-refractivity contribution in [3.05, 3.63) is 81.0 Å². The number of nitrogens with one attached hydrogen (secondary N) is 2. The predicted octanol–water partition coefficient (Wildman–Crippen LogP) is 4.17. The molecule has 0 radical (unpaired) electrons. The molecule has 1 unspecified atom stereocenters. The molecule has 1 aromatic carbocycles. The van der Waals surface area contributed by atoms with Crippen LogP contribution in [0.5, 0.6) is 0 Å². The Hall–Kier alpha value is -2.93. The number of halogens is 4. The van der Waals surface area contributed by atoms with Crippen molar-refractivity contribution in [2.45, 2.75) is 22.8 Å². The number of allylic oxidation sites excluding steroid dienone is 2. The number of hydrogen-bond donors (Lipinski definition) is 2. The standard InChI is InChI=1S/C21H15ClF3N3O4S2/c22-18-5-6-19(33-18)34(31,32)27-28(11-29)17-4-3-14(30)10-16(17)20-15-9-13(21(23,24)25)2-1-12(15)7-8-26-20/h1-2,4-11,20,26-27H,3H2. The molecule has 0 bridgehead atoms. The summed E-state index contributed by atoms with van der Waals surface area (Å²) in [4.78, 5) is 26.2. The van der Waals surface area contributed by atoms with Crippen LogP contribution in [-0.4, -0.2) is 25.6 Å². The third-order valence-electron chi connectivity index (χ3n) is 5.07. The summed E-state index contributed by atoms with van der Waals surface area (Å²) >= 11 is 6.58. The number of hydrogen-bond acceptors (Lipinski definition) is 6. The highest BCUT2D eigenvalue weighted by atomic mass is 35.5. The van der Waals surface area contributed by atoms with E-state index in [0.717, 1.165) is 23.5 Å². The quantitative estimate of drug-likeness (QED) is 0.432. The maximum absolute atomic E-state index is 13.3. The third kappa shape index (κ3) is 4.80. The first-order chi connectivity index (χ1) is 16.0. The van der Waals surface area contributed by atoms with Crippen LogP contribution in [-0.2, 0) is 25.8 Å². The highest BCUT2D eigenvalue weighted by Crippen LogP contribution is 2.39. The van der Waals surface area contributed by atoms with Crippen LogP contribution in [0.3, 0.4) is 0 Å². The Morgan fingerprint density at radius 1 is 1.24 bits per heavy atom. The molecule has 13 heteroatoms. The lowest BCUT2D eigenvalue weighted by molar-refractivity contribution is -0.137. The van der Waals surface area contributed by atoms with Crippen molar-refractivity contribution in [2.75, 3.05) is 0 Å². The average molecular weight is 530 g/mol. The zero-order valence-corrected chi connectivity index (χ0v) is 19.4. The molecule has 1 aromatic heterocycles. The van der Waals surface area contributed by atoms with Gasteiger partial charge in [-0.3, -0.25) is 9.59 Å². The lowest BCUT2D eigenvalue weighted by Gasteiger charge is -2.32. The molecule has 0 saturated carbocycles. The van der Waals surface area contributed by atoms with Gasteiger partial charge in [0.2, 0.25) is 6.41 Å². The van der Waals surface area contributed by atoms with Gasteiger partial charge in [0.1, 0.15) is 4.21 Å². The summed E-state index contributed by atoms with van der Waals surface area (Å²) in [6.07, 6.45) is 1.07. The van der Waals surface area contributed by atoms with Crippen LogP contribution in [0.2, 0.25) is 4.34 Å². The number of amides is 1. The van der Waals surface area contributed by atoms with Crippen LogP contribution in [0, 0.1) is 0 Å². The maximum atomic E-state index is 13.3. The van der Waals surface area contributed by atoms with E-state index in [1.165, 1.54) is 36.6 Å². The van der Waals surface area contributed by atoms with E-state index < -0.39 is 27.8 Å². The number of thiophene rings is 1. The number of nitrogens with zero attached hydrogens (tertiary/aromatic N) is 1. The van der Waals surface area contributed by atoms with Gasteiger partial charge >= 0.3 is 6.18 Å². The number of carbonyl (C=O) groups is 2. The molecule has 1 aliphatic carbocycles. The first kappa shape index (κ1) is 24.2. The van der Waals surface area contributed by atoms with E-state index in [1.807, 2.05) is 0 Å². The molecular formula is C21H15ClF3N3O4S2. The van der Waals surface area contributed by atoms with E-state index in [0.29, 0.717) is 10.6 Å². The Kier molecular flexibility index (Phi) is 6.42. The smallest absolute Gasteiger partial charge is 0.380 e. The van der Waals surface area contributed by atoms with E-state index >= 15 is 0 Å². The third-order valence-corrected chi connectivity index (χ3v) is 8.10. The number of benzene rings is 1. The normalized spacial score (nSPS) is 18.0. The fourth-order valence-electron chi connectivity index (χ4n) is 3.57. The molecule has 178 valence electrons. The molecule has 4 rings (SSSR count). The molecule has 1 aliphatic heterocycles. The SMILES string of the molecule is O=CN(NS(=O)(=O)c1ccc(Cl)s1)C1=CCC(=O)C=C1C1NC=Cc2ccc(C(F)(F)F)cc21. The molecule has 2 N–H and O–H groups in total. The van der Waals surface area contributed by atoms with Crippen molar-refractivity contribution in [1.82, 2.24) is 15.2 Å². The largest absolute Gasteiger partial charge is 0.416 e. The highest BCUT2D eigenvalue weighted by molar-refractivity contribution is 7.91. The summed E-state index contributed by atoms with van der Waals surface area (Å²) in [5, 5.41) is 3.58. The first-order valence-corrected chi connectivity index (χ1v) is 12.3. The van der Waals surface area contributed by atoms with Crippen LogP contribution in [0.4, 0.5) is 13.2 Å². The Morgan fingerprint density at radius 2 is 2.00 bits per heavy atom. The Labute approximate surface area is 201 Å². The van der Waals surface area contributed by atoms with Gasteiger partial charge in [-0.05, 0) is 53.7 Å². The molecule has 1 amide bonds. The van der Waals surface area contributed by atoms with E-state index in [1.54, 1.807) is 6.08 Å². The molecular weight excluding hydrogens is 515 g/mol. The first-order valence-electron chi connectivity index (χ1n) is 9.60. The second-order valence-corrected chi connectivity index (χ2v) is 10.9. The van der Waals surface area contributed by atoms with Crippen molar-refractivity contribution >= 4 is 51.2 Å². The van der Waals surface area contributed by atoms with Gasteiger partial charge in [-0.2, -0.15) is 13.2 Å². The molecule has 2 heterocycles. The van der Waals surface area contributed by atoms with E-state index in [4.69, 9.17) is 11.6 Å². The average Bonchev–Trinajstić information content (AvgIpc) is 3.23. The number of sulfonamides is 1. The molecule has 0 fully saturated rings. The van der Waals surface area contributed by atoms with Gasteiger partial charge in [0.15, 0.2) is 5.78 Å². The van der Waals surface area contributed by atoms with Crippen LogP contribution in [0.15, 0.2) is 64.2 Å². The predicted molar refractivity (Wildman–Crippen MR) is 120 cm³/mol. The van der Waals surface area contributed by atoms with Crippen molar-refractivity contribution in [1.29, 1.82) is 0 Å². The van der Waals surface area contributed by atoms with E-state index in [2.05, 4.69) is 10.1 Å². The molecule has 0 spiro atoms. The molecule has 7 nitrogen and oxygen atoms in total. The summed E-state index contributed by atoms with van der Waals surface area (Å²) in [7, 11) is -4.21. The fourth-order valence-corrected chi connectivity index (χ4v) is 6.04. The summed E-state index contributed by atoms with van der Waals surface area (Å²) in [6.45, 7) is 0. The lowest BCUT2D eigenvalue weighted by Crippen LogP contribution is -2.42. The molecule has 34 heavy (non-hydrogen) atoms. The Bertz CT molecular complexity index is 1360. The monoisotopic (exact) mass is 529 g/mol. The number of fused-ring (bicyclic) bond motifs is 1. The van der Waals surface area contributed by atoms with E-state index in [-0.39, 0.29) is 44.0 Å². The fraction of sp³-hybridized carbons (Fsp3) is 0.143. The molecule has 1 atom stereocenters. The molecule has 2 aliphatic rings. The lowest BCUT2D eigenvalue weighted by atomic mass is 9.86. The minimum Gasteiger partial charge on any atom is -0.380 e. The van der Waals surface area contributed by atoms with Crippen molar-refractivity contribution in [3.8, 4) is 0 Å². The van der Waals surface area contributed by atoms with Crippen molar-refractivity contribution in [3.63, 3.8) is 0 Å². The second-order valence-electron chi connectivity index (χ2n) is 7.26. The topological polar surface area (TPSA) is 95.6 Å². The minimum atomic E-state index is -4.59. The van der Waals surface area contributed by atoms with Gasteiger partial charge in [0.05, 0.1) is 21.6 Å².